The Labute approximate surface area is 138 Å². The van der Waals surface area contributed by atoms with Gasteiger partial charge in [-0.3, -0.25) is 0 Å². The highest BCUT2D eigenvalue weighted by Gasteiger charge is 2.09. The molecular formula is C16H15N3O2S2. The van der Waals surface area contributed by atoms with Gasteiger partial charge in [-0.25, -0.2) is 18.1 Å². The Balaban J connectivity index is 2.00. The minimum atomic E-state index is -3.19. The summed E-state index contributed by atoms with van der Waals surface area (Å²) in [6, 6.07) is 16.4. The number of rotatable bonds is 3. The number of hydrogen-bond acceptors (Lipinski definition) is 5. The molecular weight excluding hydrogens is 330 g/mol. The fourth-order valence-corrected chi connectivity index (χ4v) is 3.57. The molecule has 3 rings (SSSR count). The number of benzene rings is 2. The predicted molar refractivity (Wildman–Crippen MR) is 91.3 cm³/mol. The second-order valence-corrected chi connectivity index (χ2v) is 8.03. The Kier molecular flexibility index (Phi) is 4.14. The van der Waals surface area contributed by atoms with Gasteiger partial charge < -0.3 is 0 Å². The molecule has 23 heavy (non-hydrogen) atoms. The Morgan fingerprint density at radius 1 is 1.04 bits per heavy atom. The summed E-state index contributed by atoms with van der Waals surface area (Å²) in [5.41, 5.74) is 1.73. The molecule has 1 heterocycles. The minimum absolute atomic E-state index is 0.302. The summed E-state index contributed by atoms with van der Waals surface area (Å²) in [6.45, 7) is 0. The van der Waals surface area contributed by atoms with E-state index in [1.807, 2.05) is 37.4 Å². The van der Waals surface area contributed by atoms with Crippen molar-refractivity contribution in [3.63, 3.8) is 0 Å². The fraction of sp³-hybridized carbons (Fsp3) is 0.125. The summed E-state index contributed by atoms with van der Waals surface area (Å²) in [6.07, 6.45) is 1.20. The lowest BCUT2D eigenvalue weighted by Crippen LogP contribution is -2.10. The average Bonchev–Trinajstić information content (AvgIpc) is 2.89. The van der Waals surface area contributed by atoms with Crippen LogP contribution >= 0.6 is 11.3 Å². The van der Waals surface area contributed by atoms with Gasteiger partial charge in [0.15, 0.2) is 9.84 Å². The van der Waals surface area contributed by atoms with Gasteiger partial charge in [0, 0.05) is 18.9 Å². The lowest BCUT2D eigenvalue weighted by Gasteiger charge is -1.99. The van der Waals surface area contributed by atoms with E-state index in [4.69, 9.17) is 0 Å². The van der Waals surface area contributed by atoms with Crippen LogP contribution in [0.4, 0.5) is 5.69 Å². The van der Waals surface area contributed by atoms with E-state index in [-0.39, 0.29) is 0 Å². The number of aryl methyl sites for hydroxylation is 1. The van der Waals surface area contributed by atoms with Gasteiger partial charge in [0.05, 0.1) is 10.6 Å². The highest BCUT2D eigenvalue weighted by Crippen LogP contribution is 2.21. The van der Waals surface area contributed by atoms with Gasteiger partial charge in [0.25, 0.3) is 0 Å². The standard InChI is InChI=1S/C16H15N3O2S2/c1-19-16(17-13-6-4-3-5-7-13)22-15(18-19)12-8-10-14(11-9-12)23(2,20)21/h3-11H,1-2H3. The topological polar surface area (TPSA) is 64.3 Å². The van der Waals surface area contributed by atoms with Gasteiger partial charge in [-0.15, -0.1) is 0 Å². The summed E-state index contributed by atoms with van der Waals surface area (Å²) in [4.78, 5) is 5.65. The maximum absolute atomic E-state index is 11.5. The van der Waals surface area contributed by atoms with Crippen molar-refractivity contribution in [2.24, 2.45) is 12.0 Å². The normalized spacial score (nSPS) is 12.5. The van der Waals surface area contributed by atoms with Gasteiger partial charge in [0.2, 0.25) is 4.80 Å². The van der Waals surface area contributed by atoms with Gasteiger partial charge in [-0.1, -0.05) is 41.7 Å². The number of nitrogens with zero attached hydrogens (tertiary/aromatic N) is 3. The molecule has 0 spiro atoms. The van der Waals surface area contributed by atoms with Crippen molar-refractivity contribution in [1.82, 2.24) is 9.78 Å². The first kappa shape index (κ1) is 15.6. The molecule has 1 aromatic heterocycles. The molecule has 0 atom stereocenters. The maximum atomic E-state index is 11.5. The van der Waals surface area contributed by atoms with Crippen LogP contribution in [-0.2, 0) is 16.9 Å². The molecule has 0 aliphatic carbocycles. The summed E-state index contributed by atoms with van der Waals surface area (Å²) >= 11 is 1.46. The summed E-state index contributed by atoms with van der Waals surface area (Å²) < 4.78 is 24.7. The van der Waals surface area contributed by atoms with Crippen molar-refractivity contribution in [3.05, 3.63) is 59.4 Å². The van der Waals surface area contributed by atoms with E-state index < -0.39 is 9.84 Å². The number of sulfone groups is 1. The largest absolute Gasteiger partial charge is 0.241 e. The molecule has 0 radical (unpaired) electrons. The van der Waals surface area contributed by atoms with E-state index >= 15 is 0 Å². The van der Waals surface area contributed by atoms with Gasteiger partial charge >= 0.3 is 0 Å². The molecule has 0 bridgehead atoms. The van der Waals surface area contributed by atoms with E-state index in [0.717, 1.165) is 21.1 Å². The summed E-state index contributed by atoms with van der Waals surface area (Å²) in [5.74, 6) is 0. The smallest absolute Gasteiger partial charge is 0.208 e. The maximum Gasteiger partial charge on any atom is 0.208 e. The molecule has 0 unspecified atom stereocenters. The van der Waals surface area contributed by atoms with E-state index in [9.17, 15) is 8.42 Å². The van der Waals surface area contributed by atoms with Crippen molar-refractivity contribution in [2.75, 3.05) is 6.26 Å². The SMILES string of the molecule is Cn1nc(-c2ccc(S(C)(=O)=O)cc2)sc1=Nc1ccccc1. The average molecular weight is 345 g/mol. The number of aromatic nitrogens is 2. The van der Waals surface area contributed by atoms with Gasteiger partial charge in [0.1, 0.15) is 5.01 Å². The molecule has 118 valence electrons. The zero-order chi connectivity index (χ0) is 16.4. The first-order valence-corrected chi connectivity index (χ1v) is 9.59. The lowest BCUT2D eigenvalue weighted by atomic mass is 10.2. The third kappa shape index (κ3) is 3.57. The lowest BCUT2D eigenvalue weighted by molar-refractivity contribution is 0.602. The molecule has 7 heteroatoms. The van der Waals surface area contributed by atoms with Crippen LogP contribution in [0.25, 0.3) is 10.6 Å². The van der Waals surface area contributed by atoms with Crippen LogP contribution in [0.5, 0.6) is 0 Å². The first-order chi connectivity index (χ1) is 10.9. The van der Waals surface area contributed by atoms with Crippen molar-refractivity contribution in [3.8, 4) is 10.6 Å². The Bertz CT molecular complexity index is 986. The Morgan fingerprint density at radius 3 is 2.30 bits per heavy atom. The second-order valence-electron chi connectivity index (χ2n) is 5.06. The fourth-order valence-electron chi connectivity index (χ4n) is 2.02. The zero-order valence-corrected chi connectivity index (χ0v) is 14.3. The Morgan fingerprint density at radius 2 is 1.70 bits per heavy atom. The molecule has 0 amide bonds. The van der Waals surface area contributed by atoms with Crippen LogP contribution in [0.2, 0.25) is 0 Å². The van der Waals surface area contributed by atoms with Crippen molar-refractivity contribution < 1.29 is 8.42 Å². The van der Waals surface area contributed by atoms with Crippen LogP contribution in [0.15, 0.2) is 64.5 Å². The third-order valence-electron chi connectivity index (χ3n) is 3.22. The van der Waals surface area contributed by atoms with Crippen LogP contribution in [0.1, 0.15) is 0 Å². The quantitative estimate of drug-likeness (QED) is 0.733. The van der Waals surface area contributed by atoms with Gasteiger partial charge in [-0.05, 0) is 24.3 Å². The Hall–Kier alpha value is -2.25. The molecule has 0 saturated carbocycles. The zero-order valence-electron chi connectivity index (χ0n) is 12.7. The van der Waals surface area contributed by atoms with E-state index in [0.29, 0.717) is 4.90 Å². The van der Waals surface area contributed by atoms with Gasteiger partial charge in [-0.2, -0.15) is 5.10 Å². The van der Waals surface area contributed by atoms with E-state index in [1.54, 1.807) is 28.9 Å². The van der Waals surface area contributed by atoms with Crippen LogP contribution < -0.4 is 4.80 Å². The van der Waals surface area contributed by atoms with Crippen LogP contribution in [0.3, 0.4) is 0 Å². The summed E-state index contributed by atoms with van der Waals surface area (Å²) in [5, 5.41) is 5.25. The number of hydrogen-bond donors (Lipinski definition) is 0. The van der Waals surface area contributed by atoms with Crippen molar-refractivity contribution in [2.45, 2.75) is 4.90 Å². The van der Waals surface area contributed by atoms with Crippen molar-refractivity contribution in [1.29, 1.82) is 0 Å². The first-order valence-electron chi connectivity index (χ1n) is 6.88. The number of para-hydroxylation sites is 1. The van der Waals surface area contributed by atoms with E-state index in [2.05, 4.69) is 10.1 Å². The third-order valence-corrected chi connectivity index (χ3v) is 5.39. The molecule has 0 saturated heterocycles. The van der Waals surface area contributed by atoms with Crippen molar-refractivity contribution >= 4 is 26.9 Å². The van der Waals surface area contributed by atoms with E-state index in [1.165, 1.54) is 17.6 Å². The molecule has 0 fully saturated rings. The second kappa shape index (κ2) is 6.10. The van der Waals surface area contributed by atoms with Crippen LogP contribution in [0, 0.1) is 0 Å². The molecule has 0 N–H and O–H groups in total. The monoisotopic (exact) mass is 345 g/mol. The molecule has 0 aliphatic heterocycles. The molecule has 5 nitrogen and oxygen atoms in total. The molecule has 0 aliphatic rings. The molecule has 2 aromatic carbocycles. The minimum Gasteiger partial charge on any atom is -0.241 e. The highest BCUT2D eigenvalue weighted by atomic mass is 32.2. The highest BCUT2D eigenvalue weighted by molar-refractivity contribution is 7.90. The van der Waals surface area contributed by atoms with Crippen LogP contribution in [-0.4, -0.2) is 24.5 Å². The predicted octanol–water partition coefficient (Wildman–Crippen LogP) is 2.78. The molecule has 3 aromatic rings. The summed E-state index contributed by atoms with van der Waals surface area (Å²) in [7, 11) is -1.35.